The molecule has 0 fully saturated rings. The van der Waals surface area contributed by atoms with Crippen LogP contribution in [0, 0.1) is 11.3 Å². The van der Waals surface area contributed by atoms with E-state index in [1.54, 1.807) is 29.2 Å². The maximum Gasteiger partial charge on any atom is 0.231 e. The van der Waals surface area contributed by atoms with E-state index < -0.39 is 0 Å². The third-order valence-electron chi connectivity index (χ3n) is 3.89. The van der Waals surface area contributed by atoms with Gasteiger partial charge in [0.1, 0.15) is 0 Å². The molecule has 1 amide bonds. The summed E-state index contributed by atoms with van der Waals surface area (Å²) in [6.07, 6.45) is 0.297. The fourth-order valence-corrected chi connectivity index (χ4v) is 2.71. The van der Waals surface area contributed by atoms with Crippen LogP contribution in [0.3, 0.4) is 0 Å². The van der Waals surface area contributed by atoms with Crippen LogP contribution < -0.4 is 4.90 Å². The van der Waals surface area contributed by atoms with Crippen molar-refractivity contribution in [3.8, 4) is 6.07 Å². The first kappa shape index (κ1) is 14.0. The molecule has 3 rings (SSSR count). The Morgan fingerprint density at radius 1 is 1.27 bits per heavy atom. The molecule has 0 saturated heterocycles. The van der Waals surface area contributed by atoms with Gasteiger partial charge in [-0.2, -0.15) is 5.26 Å². The Labute approximate surface area is 128 Å². The molecule has 0 aliphatic carbocycles. The van der Waals surface area contributed by atoms with E-state index in [1.807, 2.05) is 18.2 Å². The summed E-state index contributed by atoms with van der Waals surface area (Å²) in [4.78, 5) is 25.4. The molecule has 0 bridgehead atoms. The van der Waals surface area contributed by atoms with Gasteiger partial charge >= 0.3 is 0 Å². The first-order valence-electron chi connectivity index (χ1n) is 7.02. The molecule has 2 aromatic rings. The van der Waals surface area contributed by atoms with Crippen LogP contribution in [-0.2, 0) is 17.8 Å². The maximum atomic E-state index is 12.3. The minimum atomic E-state index is -0.0107. The van der Waals surface area contributed by atoms with E-state index in [4.69, 9.17) is 5.26 Å². The van der Waals surface area contributed by atoms with Gasteiger partial charge in [-0.3, -0.25) is 9.59 Å². The van der Waals surface area contributed by atoms with Crippen LogP contribution in [0.15, 0.2) is 42.5 Å². The van der Waals surface area contributed by atoms with Crippen molar-refractivity contribution in [2.75, 3.05) is 4.90 Å². The van der Waals surface area contributed by atoms with Gasteiger partial charge in [-0.25, -0.2) is 0 Å². The smallest absolute Gasteiger partial charge is 0.231 e. The van der Waals surface area contributed by atoms with Crippen molar-refractivity contribution >= 4 is 17.4 Å². The predicted molar refractivity (Wildman–Crippen MR) is 82.5 cm³/mol. The highest BCUT2D eigenvalue weighted by Crippen LogP contribution is 2.31. The van der Waals surface area contributed by atoms with Crippen LogP contribution in [0.25, 0.3) is 0 Å². The van der Waals surface area contributed by atoms with Gasteiger partial charge in [-0.1, -0.05) is 18.2 Å². The first-order chi connectivity index (χ1) is 10.6. The zero-order valence-electron chi connectivity index (χ0n) is 12.2. The molecule has 4 nitrogen and oxygen atoms in total. The number of hydrogen-bond donors (Lipinski definition) is 0. The third-order valence-corrected chi connectivity index (χ3v) is 3.89. The van der Waals surface area contributed by atoms with Crippen molar-refractivity contribution < 1.29 is 9.59 Å². The summed E-state index contributed by atoms with van der Waals surface area (Å²) >= 11 is 0. The SMILES string of the molecule is CC(=O)c1ccc2c(c1)CC(=O)N2Cc1ccccc1C#N. The van der Waals surface area contributed by atoms with E-state index in [-0.39, 0.29) is 11.7 Å². The van der Waals surface area contributed by atoms with Gasteiger partial charge in [0.25, 0.3) is 0 Å². The predicted octanol–water partition coefficient (Wildman–Crippen LogP) is 2.85. The highest BCUT2D eigenvalue weighted by atomic mass is 16.2. The summed E-state index contributed by atoms with van der Waals surface area (Å²) in [6, 6.07) is 14.7. The zero-order valence-corrected chi connectivity index (χ0v) is 12.2. The molecule has 0 spiro atoms. The Morgan fingerprint density at radius 2 is 2.05 bits per heavy atom. The Morgan fingerprint density at radius 3 is 2.77 bits per heavy atom. The van der Waals surface area contributed by atoms with Crippen LogP contribution in [0.5, 0.6) is 0 Å². The minimum absolute atomic E-state index is 0.0106. The number of anilines is 1. The van der Waals surface area contributed by atoms with E-state index >= 15 is 0 Å². The number of amides is 1. The first-order valence-corrected chi connectivity index (χ1v) is 7.02. The number of ketones is 1. The number of carbonyl (C=O) groups is 2. The number of carbonyl (C=O) groups excluding carboxylic acids is 2. The van der Waals surface area contributed by atoms with Crippen LogP contribution in [0.4, 0.5) is 5.69 Å². The quantitative estimate of drug-likeness (QED) is 0.817. The Hall–Kier alpha value is -2.93. The third kappa shape index (κ3) is 2.38. The molecule has 0 aromatic heterocycles. The van der Waals surface area contributed by atoms with Crippen molar-refractivity contribution in [1.29, 1.82) is 5.26 Å². The van der Waals surface area contributed by atoms with Crippen molar-refractivity contribution in [2.24, 2.45) is 0 Å². The molecule has 0 radical (unpaired) electrons. The van der Waals surface area contributed by atoms with Gasteiger partial charge in [0.05, 0.1) is 24.6 Å². The van der Waals surface area contributed by atoms with E-state index in [1.165, 1.54) is 6.92 Å². The van der Waals surface area contributed by atoms with Crippen molar-refractivity contribution in [1.82, 2.24) is 0 Å². The van der Waals surface area contributed by atoms with E-state index in [0.29, 0.717) is 24.1 Å². The van der Waals surface area contributed by atoms with Gasteiger partial charge in [-0.15, -0.1) is 0 Å². The van der Waals surface area contributed by atoms with Crippen LogP contribution >= 0.6 is 0 Å². The monoisotopic (exact) mass is 290 g/mol. The normalized spacial score (nSPS) is 12.9. The number of hydrogen-bond acceptors (Lipinski definition) is 3. The fourth-order valence-electron chi connectivity index (χ4n) is 2.71. The molecule has 108 valence electrons. The molecular formula is C18H14N2O2. The highest BCUT2D eigenvalue weighted by molar-refractivity contribution is 6.03. The standard InChI is InChI=1S/C18H14N2O2/c1-12(21)13-6-7-17-16(8-13)9-18(22)20(17)11-15-5-3-2-4-14(15)10-19/h2-8H,9,11H2,1H3. The number of nitrogens with zero attached hydrogens (tertiary/aromatic N) is 2. The van der Waals surface area contributed by atoms with E-state index in [0.717, 1.165) is 16.8 Å². The molecule has 1 heterocycles. The summed E-state index contributed by atoms with van der Waals surface area (Å²) in [5.41, 5.74) is 3.70. The molecule has 22 heavy (non-hydrogen) atoms. The van der Waals surface area contributed by atoms with E-state index in [9.17, 15) is 9.59 Å². The largest absolute Gasteiger partial charge is 0.307 e. The number of rotatable bonds is 3. The average molecular weight is 290 g/mol. The molecule has 0 unspecified atom stereocenters. The number of fused-ring (bicyclic) bond motifs is 1. The zero-order chi connectivity index (χ0) is 15.7. The Balaban J connectivity index is 1.96. The van der Waals surface area contributed by atoms with Crippen LogP contribution in [-0.4, -0.2) is 11.7 Å². The average Bonchev–Trinajstić information content (AvgIpc) is 2.83. The second kappa shape index (κ2) is 5.45. The molecule has 0 N–H and O–H groups in total. The highest BCUT2D eigenvalue weighted by Gasteiger charge is 2.28. The van der Waals surface area contributed by atoms with Crippen molar-refractivity contribution in [3.63, 3.8) is 0 Å². The molecule has 1 aliphatic heterocycles. The lowest BCUT2D eigenvalue weighted by Gasteiger charge is -2.18. The summed E-state index contributed by atoms with van der Waals surface area (Å²) in [6.45, 7) is 1.88. The molecule has 1 aliphatic rings. The lowest BCUT2D eigenvalue weighted by molar-refractivity contribution is -0.117. The Kier molecular flexibility index (Phi) is 3.48. The van der Waals surface area contributed by atoms with Crippen LogP contribution in [0.2, 0.25) is 0 Å². The summed E-state index contributed by atoms with van der Waals surface area (Å²) in [5, 5.41) is 9.16. The Bertz CT molecular complexity index is 818. The van der Waals surface area contributed by atoms with Gasteiger partial charge in [0.15, 0.2) is 5.78 Å². The molecule has 2 aromatic carbocycles. The van der Waals surface area contributed by atoms with Crippen LogP contribution in [0.1, 0.15) is 34.0 Å². The molecular weight excluding hydrogens is 276 g/mol. The lowest BCUT2D eigenvalue weighted by Crippen LogP contribution is -2.26. The van der Waals surface area contributed by atoms with Gasteiger partial charge in [0.2, 0.25) is 5.91 Å². The lowest BCUT2D eigenvalue weighted by atomic mass is 10.1. The summed E-state index contributed by atoms with van der Waals surface area (Å²) in [7, 11) is 0. The number of nitriles is 1. The fraction of sp³-hybridized carbons (Fsp3) is 0.167. The van der Waals surface area contributed by atoms with Crippen molar-refractivity contribution in [2.45, 2.75) is 19.9 Å². The summed E-state index contributed by atoms with van der Waals surface area (Å²) < 4.78 is 0. The molecule has 0 atom stereocenters. The van der Waals surface area contributed by atoms with Gasteiger partial charge in [0, 0.05) is 11.3 Å². The van der Waals surface area contributed by atoms with E-state index in [2.05, 4.69) is 6.07 Å². The van der Waals surface area contributed by atoms with Crippen molar-refractivity contribution in [3.05, 3.63) is 64.7 Å². The second-order valence-electron chi connectivity index (χ2n) is 5.33. The summed E-state index contributed by atoms with van der Waals surface area (Å²) in [5.74, 6) is -0.0213. The second-order valence-corrected chi connectivity index (χ2v) is 5.33. The number of Topliss-reactive ketones (excluding diaryl/α,β-unsaturated/α-hetero) is 1. The van der Waals surface area contributed by atoms with Gasteiger partial charge < -0.3 is 4.90 Å². The maximum absolute atomic E-state index is 12.3. The minimum Gasteiger partial charge on any atom is -0.307 e. The molecule has 4 heteroatoms. The number of benzene rings is 2. The molecule has 0 saturated carbocycles. The van der Waals surface area contributed by atoms with Gasteiger partial charge in [-0.05, 0) is 42.3 Å². The topological polar surface area (TPSA) is 61.2 Å².